The molecule has 0 spiro atoms. The van der Waals surface area contributed by atoms with E-state index in [1.54, 1.807) is 32.9 Å². The molecule has 4 N–H and O–H groups in total. The van der Waals surface area contributed by atoms with Crippen molar-refractivity contribution >= 4 is 63.6 Å². The highest BCUT2D eigenvalue weighted by molar-refractivity contribution is 6.39. The minimum absolute atomic E-state index is 0.00191. The first-order valence-corrected chi connectivity index (χ1v) is 16.1. The van der Waals surface area contributed by atoms with E-state index in [4.69, 9.17) is 23.2 Å². The Morgan fingerprint density at radius 1 is 1.06 bits per heavy atom. The average Bonchev–Trinajstić information content (AvgIpc) is 3.57. The van der Waals surface area contributed by atoms with Crippen molar-refractivity contribution in [2.45, 2.75) is 71.5 Å². The van der Waals surface area contributed by atoms with Gasteiger partial charge in [0.1, 0.15) is 5.82 Å². The molecular formula is C31H36Cl2F5N7O2. The predicted molar refractivity (Wildman–Crippen MR) is 171 cm³/mol. The lowest BCUT2D eigenvalue weighted by Crippen LogP contribution is -2.35. The summed E-state index contributed by atoms with van der Waals surface area (Å²) in [5, 5.41) is 9.14. The summed E-state index contributed by atoms with van der Waals surface area (Å²) in [7, 11) is 0. The molecule has 0 atom stereocenters. The second-order valence-electron chi connectivity index (χ2n) is 13.3. The van der Waals surface area contributed by atoms with Gasteiger partial charge >= 0.3 is 6.18 Å². The number of hydrogen-bond acceptors (Lipinski definition) is 6. The van der Waals surface area contributed by atoms with E-state index in [0.29, 0.717) is 29.6 Å². The zero-order valence-corrected chi connectivity index (χ0v) is 27.6. The molecule has 0 bridgehead atoms. The van der Waals surface area contributed by atoms with E-state index < -0.39 is 42.3 Å². The van der Waals surface area contributed by atoms with Crippen LogP contribution in [-0.4, -0.2) is 58.5 Å². The van der Waals surface area contributed by atoms with Crippen molar-refractivity contribution in [3.8, 4) is 0 Å². The summed E-state index contributed by atoms with van der Waals surface area (Å²) in [6.07, 6.45) is -4.01. The predicted octanol–water partition coefficient (Wildman–Crippen LogP) is 7.61. The van der Waals surface area contributed by atoms with Gasteiger partial charge in [0.05, 0.1) is 39.3 Å². The van der Waals surface area contributed by atoms with Crippen LogP contribution in [0, 0.1) is 17.3 Å². The molecule has 2 fully saturated rings. The van der Waals surface area contributed by atoms with Crippen molar-refractivity contribution in [3.63, 3.8) is 0 Å². The van der Waals surface area contributed by atoms with Gasteiger partial charge in [-0.3, -0.25) is 9.59 Å². The molecule has 9 nitrogen and oxygen atoms in total. The van der Waals surface area contributed by atoms with Crippen LogP contribution in [0.2, 0.25) is 10.0 Å². The first kappa shape index (κ1) is 34.9. The van der Waals surface area contributed by atoms with Crippen LogP contribution in [0.1, 0.15) is 68.8 Å². The van der Waals surface area contributed by atoms with Gasteiger partial charge in [-0.1, -0.05) is 50.0 Å². The zero-order chi connectivity index (χ0) is 34.3. The SMILES string of the molecule is CC(C)(C)C(=O)NCc1ccc(Cl)c(Nc2nc3nc(N4CCC(F)(F)C4)c(C(=O)NCC4CCC(C(F)(F)F)CC4)cc3[nH]2)c1Cl. The van der Waals surface area contributed by atoms with Crippen LogP contribution in [0.3, 0.4) is 0 Å². The molecule has 47 heavy (non-hydrogen) atoms. The van der Waals surface area contributed by atoms with Crippen LogP contribution in [0.5, 0.6) is 0 Å². The monoisotopic (exact) mass is 703 g/mol. The van der Waals surface area contributed by atoms with Gasteiger partial charge in [-0.05, 0) is 49.3 Å². The molecule has 1 aliphatic carbocycles. The Balaban J connectivity index is 1.37. The summed E-state index contributed by atoms with van der Waals surface area (Å²) in [6.45, 7) is 4.99. The Kier molecular flexibility index (Phi) is 9.85. The Labute approximate surface area is 278 Å². The number of rotatable bonds is 8. The Hall–Kier alpha value is -3.39. The largest absolute Gasteiger partial charge is 0.391 e. The highest BCUT2D eigenvalue weighted by Gasteiger charge is 2.42. The number of fused-ring (bicyclic) bond motifs is 1. The summed E-state index contributed by atoms with van der Waals surface area (Å²) >= 11 is 13.1. The number of carbonyl (C=O) groups excluding carboxylic acids is 2. The summed E-state index contributed by atoms with van der Waals surface area (Å²) in [5.41, 5.74) is 0.777. The lowest BCUT2D eigenvalue weighted by molar-refractivity contribution is -0.183. The number of halogens is 7. The third-order valence-corrected chi connectivity index (χ3v) is 9.31. The quantitative estimate of drug-likeness (QED) is 0.180. The molecule has 1 aliphatic heterocycles. The third-order valence-electron chi connectivity index (χ3n) is 8.56. The highest BCUT2D eigenvalue weighted by Crippen LogP contribution is 2.40. The molecule has 16 heteroatoms. The molecule has 2 aliphatic rings. The maximum atomic E-state index is 14.2. The van der Waals surface area contributed by atoms with Crippen LogP contribution < -0.4 is 20.9 Å². The Bertz CT molecular complexity index is 1650. The standard InChI is InChI=1S/C31H36Cl2F5N7O2/c1-29(2,3)27(47)40-14-17-6-9-20(32)23(22(17)33)42-28-41-21-12-19(25(43-24(21)44-28)45-11-10-30(34,35)15-45)26(46)39-13-16-4-7-18(8-5-16)31(36,37)38/h6,9,12,16,18H,4-5,7-8,10-11,13-15H2,1-3H3,(H,39,46)(H,40,47)(H2,41,42,43,44). The van der Waals surface area contributed by atoms with Gasteiger partial charge in [-0.25, -0.2) is 13.8 Å². The summed E-state index contributed by atoms with van der Waals surface area (Å²) < 4.78 is 67.7. The number of alkyl halides is 5. The van der Waals surface area contributed by atoms with Gasteiger partial charge in [-0.15, -0.1) is 0 Å². The number of nitrogens with zero attached hydrogens (tertiary/aromatic N) is 3. The van der Waals surface area contributed by atoms with E-state index in [9.17, 15) is 31.5 Å². The van der Waals surface area contributed by atoms with E-state index in [0.717, 1.165) is 0 Å². The van der Waals surface area contributed by atoms with Crippen molar-refractivity contribution in [2.24, 2.45) is 17.3 Å². The molecule has 1 saturated heterocycles. The first-order valence-electron chi connectivity index (χ1n) is 15.3. The van der Waals surface area contributed by atoms with E-state index in [1.807, 2.05) is 0 Å². The molecule has 1 saturated carbocycles. The maximum absolute atomic E-state index is 14.2. The molecule has 256 valence electrons. The number of anilines is 3. The topological polar surface area (TPSA) is 115 Å². The van der Waals surface area contributed by atoms with Crippen molar-refractivity contribution in [2.75, 3.05) is 29.9 Å². The number of hydrogen-bond donors (Lipinski definition) is 4. The van der Waals surface area contributed by atoms with E-state index in [-0.39, 0.29) is 77.3 Å². The van der Waals surface area contributed by atoms with Crippen molar-refractivity contribution in [1.82, 2.24) is 25.6 Å². The smallest absolute Gasteiger partial charge is 0.352 e. The van der Waals surface area contributed by atoms with Crippen molar-refractivity contribution in [1.29, 1.82) is 0 Å². The number of aromatic amines is 1. The Morgan fingerprint density at radius 3 is 2.38 bits per heavy atom. The molecule has 3 aromatic rings. The number of nitrogens with one attached hydrogen (secondary N) is 4. The number of H-pyrrole nitrogens is 1. The summed E-state index contributed by atoms with van der Waals surface area (Å²) in [4.78, 5) is 39.1. The molecule has 0 radical (unpaired) electrons. The van der Waals surface area contributed by atoms with E-state index in [1.165, 1.54) is 11.0 Å². The molecule has 1 aromatic carbocycles. The average molecular weight is 705 g/mol. The molecule has 0 unspecified atom stereocenters. The second-order valence-corrected chi connectivity index (χ2v) is 14.1. The molecule has 2 amide bonds. The fraction of sp³-hybridized carbons (Fsp3) is 0.548. The number of pyridine rings is 1. The number of aromatic nitrogens is 3. The van der Waals surface area contributed by atoms with Crippen LogP contribution >= 0.6 is 23.2 Å². The van der Waals surface area contributed by atoms with E-state index >= 15 is 0 Å². The molecular weight excluding hydrogens is 668 g/mol. The second kappa shape index (κ2) is 13.3. The van der Waals surface area contributed by atoms with Crippen LogP contribution in [0.25, 0.3) is 11.2 Å². The van der Waals surface area contributed by atoms with Crippen LogP contribution in [0.15, 0.2) is 18.2 Å². The summed E-state index contributed by atoms with van der Waals surface area (Å²) in [5.74, 6) is -5.00. The minimum atomic E-state index is -4.23. The third kappa shape index (κ3) is 8.19. The van der Waals surface area contributed by atoms with Crippen molar-refractivity contribution in [3.05, 3.63) is 39.4 Å². The number of carbonyl (C=O) groups is 2. The van der Waals surface area contributed by atoms with Gasteiger partial charge in [0, 0.05) is 31.5 Å². The van der Waals surface area contributed by atoms with Crippen molar-refractivity contribution < 1.29 is 31.5 Å². The molecule has 3 heterocycles. The Morgan fingerprint density at radius 2 is 1.77 bits per heavy atom. The van der Waals surface area contributed by atoms with Gasteiger partial charge in [0.25, 0.3) is 11.8 Å². The maximum Gasteiger partial charge on any atom is 0.391 e. The fourth-order valence-electron chi connectivity index (χ4n) is 5.75. The first-order chi connectivity index (χ1) is 21.9. The lowest BCUT2D eigenvalue weighted by atomic mass is 9.81. The number of imidazole rings is 1. The van der Waals surface area contributed by atoms with Gasteiger partial charge in [-0.2, -0.15) is 18.2 Å². The van der Waals surface area contributed by atoms with Crippen LogP contribution in [-0.2, 0) is 11.3 Å². The van der Waals surface area contributed by atoms with Crippen LogP contribution in [0.4, 0.5) is 39.4 Å². The molecule has 5 rings (SSSR count). The molecule has 2 aromatic heterocycles. The fourth-order valence-corrected chi connectivity index (χ4v) is 6.28. The zero-order valence-electron chi connectivity index (χ0n) is 26.1. The number of benzene rings is 1. The normalized spacial score (nSPS) is 20.0. The lowest BCUT2D eigenvalue weighted by Gasteiger charge is -2.30. The highest BCUT2D eigenvalue weighted by atomic mass is 35.5. The van der Waals surface area contributed by atoms with Gasteiger partial charge in [0.2, 0.25) is 11.9 Å². The minimum Gasteiger partial charge on any atom is -0.352 e. The van der Waals surface area contributed by atoms with Gasteiger partial charge < -0.3 is 25.8 Å². The van der Waals surface area contributed by atoms with E-state index in [2.05, 4.69) is 30.9 Å². The van der Waals surface area contributed by atoms with Gasteiger partial charge in [0.15, 0.2) is 5.65 Å². The summed E-state index contributed by atoms with van der Waals surface area (Å²) in [6, 6.07) is 4.76. The number of amides is 2.